The van der Waals surface area contributed by atoms with Crippen molar-refractivity contribution in [2.75, 3.05) is 13.2 Å². The van der Waals surface area contributed by atoms with Gasteiger partial charge < -0.3 is 10.8 Å². The van der Waals surface area contributed by atoms with Crippen LogP contribution in [0.15, 0.2) is 0 Å². The molecule has 2 aliphatic carbocycles. The molecule has 2 heteroatoms. The Labute approximate surface area is 80.5 Å². The molecule has 13 heavy (non-hydrogen) atoms. The van der Waals surface area contributed by atoms with Crippen LogP contribution in [0.4, 0.5) is 0 Å². The first-order valence-corrected chi connectivity index (χ1v) is 5.53. The third kappa shape index (κ3) is 1.15. The van der Waals surface area contributed by atoms with Crippen LogP contribution in [0.5, 0.6) is 0 Å². The Morgan fingerprint density at radius 2 is 2.31 bits per heavy atom. The standard InChI is InChI=1S/C11H21NO/c1-2-9-3-4-10(5-9)6-11(10,7-12)8-13/h9,13H,2-8,12H2,1H3. The van der Waals surface area contributed by atoms with E-state index in [1.54, 1.807) is 0 Å². The molecule has 2 aliphatic rings. The highest BCUT2D eigenvalue weighted by molar-refractivity contribution is 5.17. The molecule has 1 spiro atoms. The minimum absolute atomic E-state index is 0.122. The Hall–Kier alpha value is -0.0800. The second kappa shape index (κ2) is 2.96. The number of hydrogen-bond donors (Lipinski definition) is 2. The second-order valence-corrected chi connectivity index (χ2v) is 5.12. The fourth-order valence-electron chi connectivity index (χ4n) is 3.41. The number of rotatable bonds is 3. The number of aliphatic hydroxyl groups is 1. The predicted octanol–water partition coefficient (Wildman–Crippen LogP) is 1.52. The van der Waals surface area contributed by atoms with Crippen molar-refractivity contribution in [2.45, 2.75) is 39.0 Å². The Balaban J connectivity index is 2.03. The van der Waals surface area contributed by atoms with Crippen molar-refractivity contribution >= 4 is 0 Å². The first kappa shape index (κ1) is 9.47. The van der Waals surface area contributed by atoms with Crippen molar-refractivity contribution in [1.29, 1.82) is 0 Å². The highest BCUT2D eigenvalue weighted by Crippen LogP contribution is 2.72. The molecule has 3 N–H and O–H groups in total. The second-order valence-electron chi connectivity index (χ2n) is 5.12. The SMILES string of the molecule is CCC1CCC2(C1)CC2(CN)CO. The molecule has 2 saturated carbocycles. The first-order valence-electron chi connectivity index (χ1n) is 5.53. The van der Waals surface area contributed by atoms with E-state index in [0.29, 0.717) is 18.6 Å². The minimum Gasteiger partial charge on any atom is -0.396 e. The smallest absolute Gasteiger partial charge is 0.0505 e. The molecule has 0 aromatic heterocycles. The molecule has 3 unspecified atom stereocenters. The Kier molecular flexibility index (Phi) is 2.16. The molecule has 76 valence electrons. The number of hydrogen-bond acceptors (Lipinski definition) is 2. The zero-order valence-corrected chi connectivity index (χ0v) is 8.55. The highest BCUT2D eigenvalue weighted by Gasteiger charge is 2.67. The van der Waals surface area contributed by atoms with Gasteiger partial charge in [0.25, 0.3) is 0 Å². The van der Waals surface area contributed by atoms with E-state index in [4.69, 9.17) is 5.73 Å². The van der Waals surface area contributed by atoms with Gasteiger partial charge in [0, 0.05) is 12.0 Å². The molecule has 0 bridgehead atoms. The fraction of sp³-hybridized carbons (Fsp3) is 1.00. The summed E-state index contributed by atoms with van der Waals surface area (Å²) in [4.78, 5) is 0. The minimum atomic E-state index is 0.122. The average Bonchev–Trinajstić information content (AvgIpc) is 2.58. The molecule has 0 radical (unpaired) electrons. The summed E-state index contributed by atoms with van der Waals surface area (Å²) in [6, 6.07) is 0. The van der Waals surface area contributed by atoms with Crippen LogP contribution in [0, 0.1) is 16.7 Å². The van der Waals surface area contributed by atoms with Gasteiger partial charge in [-0.1, -0.05) is 13.3 Å². The van der Waals surface area contributed by atoms with Crippen LogP contribution in [0.3, 0.4) is 0 Å². The molecule has 0 aromatic carbocycles. The number of aliphatic hydroxyl groups excluding tert-OH is 1. The summed E-state index contributed by atoms with van der Waals surface area (Å²) < 4.78 is 0. The summed E-state index contributed by atoms with van der Waals surface area (Å²) in [5, 5.41) is 9.36. The van der Waals surface area contributed by atoms with Gasteiger partial charge in [-0.05, 0) is 37.0 Å². The van der Waals surface area contributed by atoms with Crippen LogP contribution in [0.2, 0.25) is 0 Å². The maximum absolute atomic E-state index is 9.36. The van der Waals surface area contributed by atoms with Gasteiger partial charge in [0.15, 0.2) is 0 Å². The van der Waals surface area contributed by atoms with Crippen LogP contribution in [0.1, 0.15) is 39.0 Å². The molecule has 0 saturated heterocycles. The maximum Gasteiger partial charge on any atom is 0.0505 e. The summed E-state index contributed by atoms with van der Waals surface area (Å²) in [6.45, 7) is 3.26. The van der Waals surface area contributed by atoms with Crippen LogP contribution < -0.4 is 5.73 Å². The lowest BCUT2D eigenvalue weighted by atomic mass is 9.90. The topological polar surface area (TPSA) is 46.2 Å². The van der Waals surface area contributed by atoms with E-state index >= 15 is 0 Å². The van der Waals surface area contributed by atoms with Crippen LogP contribution in [-0.2, 0) is 0 Å². The molecule has 0 aromatic rings. The van der Waals surface area contributed by atoms with E-state index in [1.165, 1.54) is 32.1 Å². The van der Waals surface area contributed by atoms with Crippen molar-refractivity contribution in [1.82, 2.24) is 0 Å². The molecule has 0 aliphatic heterocycles. The Morgan fingerprint density at radius 3 is 2.69 bits per heavy atom. The average molecular weight is 183 g/mol. The quantitative estimate of drug-likeness (QED) is 0.697. The normalized spacial score (nSPS) is 48.7. The summed E-state index contributed by atoms with van der Waals surface area (Å²) in [5.74, 6) is 0.903. The highest BCUT2D eigenvalue weighted by atomic mass is 16.3. The van der Waals surface area contributed by atoms with Gasteiger partial charge in [-0.2, -0.15) is 0 Å². The van der Waals surface area contributed by atoms with Crippen LogP contribution in [-0.4, -0.2) is 18.3 Å². The monoisotopic (exact) mass is 183 g/mol. The summed E-state index contributed by atoms with van der Waals surface area (Å²) >= 11 is 0. The lowest BCUT2D eigenvalue weighted by molar-refractivity contribution is 0.174. The lowest BCUT2D eigenvalue weighted by Gasteiger charge is -2.18. The van der Waals surface area contributed by atoms with E-state index in [1.807, 2.05) is 0 Å². The molecule has 2 nitrogen and oxygen atoms in total. The molecule has 2 fully saturated rings. The zero-order valence-electron chi connectivity index (χ0n) is 8.55. The van der Waals surface area contributed by atoms with Crippen LogP contribution in [0.25, 0.3) is 0 Å². The van der Waals surface area contributed by atoms with Gasteiger partial charge in [0.1, 0.15) is 0 Å². The zero-order chi connectivity index (χ0) is 9.53. The molecule has 0 amide bonds. The predicted molar refractivity (Wildman–Crippen MR) is 53.3 cm³/mol. The van der Waals surface area contributed by atoms with Gasteiger partial charge in [-0.15, -0.1) is 0 Å². The molecule has 3 atom stereocenters. The van der Waals surface area contributed by atoms with Gasteiger partial charge in [-0.3, -0.25) is 0 Å². The summed E-state index contributed by atoms with van der Waals surface area (Å²) in [5.41, 5.74) is 6.34. The molecular formula is C11H21NO. The van der Waals surface area contributed by atoms with Gasteiger partial charge in [0.05, 0.1) is 6.61 Å². The van der Waals surface area contributed by atoms with Crippen molar-refractivity contribution in [2.24, 2.45) is 22.5 Å². The van der Waals surface area contributed by atoms with Crippen LogP contribution >= 0.6 is 0 Å². The van der Waals surface area contributed by atoms with Gasteiger partial charge >= 0.3 is 0 Å². The number of nitrogens with two attached hydrogens (primary N) is 1. The molecule has 2 rings (SSSR count). The molecular weight excluding hydrogens is 162 g/mol. The third-order valence-electron chi connectivity index (χ3n) is 4.66. The van der Waals surface area contributed by atoms with Gasteiger partial charge in [0.2, 0.25) is 0 Å². The van der Waals surface area contributed by atoms with E-state index in [9.17, 15) is 5.11 Å². The van der Waals surface area contributed by atoms with Crippen molar-refractivity contribution in [3.05, 3.63) is 0 Å². The lowest BCUT2D eigenvalue weighted by Crippen LogP contribution is -2.26. The summed E-state index contributed by atoms with van der Waals surface area (Å²) in [7, 11) is 0. The van der Waals surface area contributed by atoms with E-state index < -0.39 is 0 Å². The van der Waals surface area contributed by atoms with Crippen molar-refractivity contribution < 1.29 is 5.11 Å². The van der Waals surface area contributed by atoms with E-state index in [2.05, 4.69) is 6.92 Å². The third-order valence-corrected chi connectivity index (χ3v) is 4.66. The Bertz CT molecular complexity index is 200. The van der Waals surface area contributed by atoms with E-state index in [0.717, 1.165) is 5.92 Å². The fourth-order valence-corrected chi connectivity index (χ4v) is 3.41. The van der Waals surface area contributed by atoms with E-state index in [-0.39, 0.29) is 5.41 Å². The van der Waals surface area contributed by atoms with Gasteiger partial charge in [-0.25, -0.2) is 0 Å². The summed E-state index contributed by atoms with van der Waals surface area (Å²) in [6.07, 6.45) is 6.47. The first-order chi connectivity index (χ1) is 6.22. The maximum atomic E-state index is 9.36. The van der Waals surface area contributed by atoms with Crippen molar-refractivity contribution in [3.8, 4) is 0 Å². The Morgan fingerprint density at radius 1 is 1.54 bits per heavy atom. The largest absolute Gasteiger partial charge is 0.396 e. The van der Waals surface area contributed by atoms with Crippen molar-refractivity contribution in [3.63, 3.8) is 0 Å². The molecule has 0 heterocycles.